The van der Waals surface area contributed by atoms with Crippen molar-refractivity contribution in [2.24, 2.45) is 5.73 Å². The summed E-state index contributed by atoms with van der Waals surface area (Å²) in [7, 11) is 0. The van der Waals surface area contributed by atoms with Gasteiger partial charge in [-0.2, -0.15) is 4.37 Å². The highest BCUT2D eigenvalue weighted by Gasteiger charge is 2.35. The van der Waals surface area contributed by atoms with E-state index in [4.69, 9.17) is 16.2 Å². The molecule has 1 heterocycles. The van der Waals surface area contributed by atoms with E-state index in [0.29, 0.717) is 17.1 Å². The van der Waals surface area contributed by atoms with Crippen LogP contribution in [-0.4, -0.2) is 46.1 Å². The normalized spacial score (nSPS) is 11.4. The molecule has 0 bridgehead atoms. The van der Waals surface area contributed by atoms with E-state index in [9.17, 15) is 28.0 Å². The quantitative estimate of drug-likeness (QED) is 0.338. The molecule has 0 aliphatic carbocycles. The number of nitrogen functional groups attached to an aromatic ring is 1. The minimum atomic E-state index is -1.40. The van der Waals surface area contributed by atoms with Crippen LogP contribution in [0.3, 0.4) is 0 Å². The van der Waals surface area contributed by atoms with Gasteiger partial charge in [0.05, 0.1) is 12.3 Å². The van der Waals surface area contributed by atoms with Crippen molar-refractivity contribution in [3.8, 4) is 0 Å². The molecular formula is C24H23F2N5O5S. The van der Waals surface area contributed by atoms with Crippen molar-refractivity contribution in [3.05, 3.63) is 81.9 Å². The molecule has 1 atom stereocenters. The van der Waals surface area contributed by atoms with Crippen molar-refractivity contribution < 1.29 is 32.7 Å². The van der Waals surface area contributed by atoms with E-state index in [1.54, 1.807) is 6.92 Å². The largest absolute Gasteiger partial charge is 0.465 e. The summed E-state index contributed by atoms with van der Waals surface area (Å²) >= 11 is 0.613. The van der Waals surface area contributed by atoms with Crippen molar-refractivity contribution in [2.45, 2.75) is 19.5 Å². The average Bonchev–Trinajstić information content (AvgIpc) is 3.26. The number of carbonyl (C=O) groups is 4. The molecule has 0 saturated carbocycles. The summed E-state index contributed by atoms with van der Waals surface area (Å²) in [6.07, 6.45) is 0. The van der Waals surface area contributed by atoms with Crippen LogP contribution in [0.1, 0.15) is 44.3 Å². The van der Waals surface area contributed by atoms with Gasteiger partial charge in [0.25, 0.3) is 11.8 Å². The number of primary amides is 1. The molecule has 3 aromatic rings. The number of nitrogens with one attached hydrogen (secondary N) is 1. The van der Waals surface area contributed by atoms with Crippen LogP contribution in [0.5, 0.6) is 0 Å². The highest BCUT2D eigenvalue weighted by Crippen LogP contribution is 2.30. The Morgan fingerprint density at radius 2 is 1.65 bits per heavy atom. The topological polar surface area (TPSA) is 158 Å². The first-order chi connectivity index (χ1) is 17.6. The van der Waals surface area contributed by atoms with Crippen LogP contribution in [0.2, 0.25) is 0 Å². The fourth-order valence-corrected chi connectivity index (χ4v) is 4.17. The highest BCUT2D eigenvalue weighted by molar-refractivity contribution is 7.09. The Balaban J connectivity index is 2.09. The van der Waals surface area contributed by atoms with Crippen LogP contribution in [0, 0.1) is 11.6 Å². The van der Waals surface area contributed by atoms with Gasteiger partial charge in [0.2, 0.25) is 5.91 Å². The zero-order chi connectivity index (χ0) is 27.1. The molecule has 1 aromatic heterocycles. The molecule has 3 rings (SSSR count). The molecule has 1 unspecified atom stereocenters. The number of nitrogens with zero attached hydrogens (tertiary/aromatic N) is 2. The summed E-state index contributed by atoms with van der Waals surface area (Å²) in [6.45, 7) is 0.983. The summed E-state index contributed by atoms with van der Waals surface area (Å²) in [5.74, 6) is -4.32. The minimum absolute atomic E-state index is 0.0954. The van der Waals surface area contributed by atoms with E-state index < -0.39 is 47.9 Å². The number of amides is 3. The predicted octanol–water partition coefficient (Wildman–Crippen LogP) is 2.17. The number of hydrogen-bond donors (Lipinski definition) is 3. The van der Waals surface area contributed by atoms with Crippen molar-refractivity contribution in [1.29, 1.82) is 0 Å². The van der Waals surface area contributed by atoms with E-state index >= 15 is 0 Å². The molecule has 10 nitrogen and oxygen atoms in total. The molecule has 0 aliphatic rings. The zero-order valence-corrected chi connectivity index (χ0v) is 20.4. The zero-order valence-electron chi connectivity index (χ0n) is 19.6. The Hall–Kier alpha value is -4.39. The molecule has 0 saturated heterocycles. The maximum atomic E-state index is 13.7. The smallest absolute Gasteiger partial charge is 0.325 e. The van der Waals surface area contributed by atoms with Crippen molar-refractivity contribution >= 4 is 40.9 Å². The third-order valence-corrected chi connectivity index (χ3v) is 5.99. The Kier molecular flexibility index (Phi) is 8.85. The molecule has 0 fully saturated rings. The number of benzene rings is 2. The van der Waals surface area contributed by atoms with Crippen LogP contribution in [0.4, 0.5) is 14.5 Å². The minimum Gasteiger partial charge on any atom is -0.465 e. The van der Waals surface area contributed by atoms with Gasteiger partial charge in [-0.05, 0) is 53.8 Å². The Morgan fingerprint density at radius 3 is 2.19 bits per heavy atom. The molecule has 0 radical (unpaired) electrons. The van der Waals surface area contributed by atoms with Crippen LogP contribution in [-0.2, 0) is 20.9 Å². The van der Waals surface area contributed by atoms with Gasteiger partial charge in [-0.1, -0.05) is 24.3 Å². The van der Waals surface area contributed by atoms with Gasteiger partial charge >= 0.3 is 5.97 Å². The van der Waals surface area contributed by atoms with Crippen LogP contribution >= 0.6 is 11.5 Å². The molecule has 13 heteroatoms. The van der Waals surface area contributed by atoms with Gasteiger partial charge in [-0.15, -0.1) is 0 Å². The van der Waals surface area contributed by atoms with Crippen molar-refractivity contribution in [2.75, 3.05) is 18.9 Å². The Labute approximate surface area is 214 Å². The number of ether oxygens (including phenoxy) is 1. The lowest BCUT2D eigenvalue weighted by atomic mass is 10.0. The Morgan fingerprint density at radius 1 is 1.05 bits per heavy atom. The molecule has 2 aromatic carbocycles. The number of halogens is 2. The lowest BCUT2D eigenvalue weighted by Crippen LogP contribution is -2.44. The number of carbonyl (C=O) groups excluding carboxylic acids is 4. The van der Waals surface area contributed by atoms with Crippen molar-refractivity contribution in [1.82, 2.24) is 14.6 Å². The van der Waals surface area contributed by atoms with Gasteiger partial charge in [0, 0.05) is 6.54 Å². The first kappa shape index (κ1) is 27.2. The number of hydrogen-bond acceptors (Lipinski definition) is 8. The monoisotopic (exact) mass is 531 g/mol. The second-order valence-electron chi connectivity index (χ2n) is 7.67. The summed E-state index contributed by atoms with van der Waals surface area (Å²) in [5, 5.41) is 2.42. The second kappa shape index (κ2) is 12.0. The molecule has 0 aliphatic heterocycles. The number of aromatic nitrogens is 1. The van der Waals surface area contributed by atoms with E-state index in [0.717, 1.165) is 17.0 Å². The third kappa shape index (κ3) is 6.64. The number of nitrogens with two attached hydrogens (primary N) is 2. The molecule has 194 valence electrons. The molecular weight excluding hydrogens is 508 g/mol. The molecule has 37 heavy (non-hydrogen) atoms. The van der Waals surface area contributed by atoms with Gasteiger partial charge < -0.3 is 26.4 Å². The second-order valence-corrected chi connectivity index (χ2v) is 8.45. The fraction of sp³-hybridized carbons (Fsp3) is 0.208. The molecule has 0 spiro atoms. The summed E-state index contributed by atoms with van der Waals surface area (Å²) in [4.78, 5) is 51.5. The standard InChI is InChI=1S/C24H23F2N5O5S/c1-2-36-17(32)11-29-23(34)20(14-5-9-16(26)10-6-14)31(12-13-3-7-15(25)8-4-13)24(35)21-18(27)19(22(28)33)30-37-21/h3-10,20H,2,11-12,27H2,1H3,(H2,28,33)(H,29,34). The maximum absolute atomic E-state index is 13.7. The third-order valence-electron chi connectivity index (χ3n) is 5.14. The van der Waals surface area contributed by atoms with E-state index in [1.165, 1.54) is 36.4 Å². The summed E-state index contributed by atoms with van der Waals surface area (Å²) in [5.41, 5.74) is 11.3. The highest BCUT2D eigenvalue weighted by atomic mass is 32.1. The lowest BCUT2D eigenvalue weighted by molar-refractivity contribution is -0.143. The van der Waals surface area contributed by atoms with E-state index in [2.05, 4.69) is 9.69 Å². The number of esters is 1. The first-order valence-electron chi connectivity index (χ1n) is 10.9. The summed E-state index contributed by atoms with van der Waals surface area (Å²) in [6, 6.07) is 8.61. The van der Waals surface area contributed by atoms with Crippen LogP contribution in [0.15, 0.2) is 48.5 Å². The molecule has 5 N–H and O–H groups in total. The number of rotatable bonds is 10. The SMILES string of the molecule is CCOC(=O)CNC(=O)C(c1ccc(F)cc1)N(Cc1ccc(F)cc1)C(=O)c1snc(C(N)=O)c1N. The lowest BCUT2D eigenvalue weighted by Gasteiger charge is -2.31. The van der Waals surface area contributed by atoms with Gasteiger partial charge in [0.15, 0.2) is 5.69 Å². The number of anilines is 1. The van der Waals surface area contributed by atoms with Crippen LogP contribution < -0.4 is 16.8 Å². The van der Waals surface area contributed by atoms with E-state index in [-0.39, 0.29) is 35.0 Å². The van der Waals surface area contributed by atoms with Crippen LogP contribution in [0.25, 0.3) is 0 Å². The first-order valence-corrected chi connectivity index (χ1v) is 11.7. The molecule has 3 amide bonds. The van der Waals surface area contributed by atoms with Gasteiger partial charge in [0.1, 0.15) is 29.1 Å². The van der Waals surface area contributed by atoms with Crippen molar-refractivity contribution in [3.63, 3.8) is 0 Å². The summed E-state index contributed by atoms with van der Waals surface area (Å²) < 4.78 is 35.9. The predicted molar refractivity (Wildman–Crippen MR) is 130 cm³/mol. The fourth-order valence-electron chi connectivity index (χ4n) is 3.41. The average molecular weight is 532 g/mol. The van der Waals surface area contributed by atoms with E-state index in [1.807, 2.05) is 0 Å². The Bertz CT molecular complexity index is 1300. The van der Waals surface area contributed by atoms with Gasteiger partial charge in [-0.3, -0.25) is 19.2 Å². The maximum Gasteiger partial charge on any atom is 0.325 e. The van der Waals surface area contributed by atoms with Gasteiger partial charge in [-0.25, -0.2) is 8.78 Å².